The molecule has 2 fully saturated rings. The van der Waals surface area contributed by atoms with Crippen molar-refractivity contribution < 1.29 is 4.39 Å². The fraction of sp³-hybridized carbons (Fsp3) is 0.529. The van der Waals surface area contributed by atoms with Gasteiger partial charge < -0.3 is 14.8 Å². The van der Waals surface area contributed by atoms with Crippen LogP contribution in [0.4, 0.5) is 4.39 Å². The van der Waals surface area contributed by atoms with E-state index in [1.165, 1.54) is 31.2 Å². The molecule has 122 valence electrons. The number of halogens is 1. The van der Waals surface area contributed by atoms with Gasteiger partial charge in [-0.25, -0.2) is 4.39 Å². The third-order valence-electron chi connectivity index (χ3n) is 5.29. The number of rotatable bonds is 3. The molecule has 0 radical (unpaired) electrons. The van der Waals surface area contributed by atoms with Gasteiger partial charge in [-0.15, -0.1) is 0 Å². The van der Waals surface area contributed by atoms with Crippen LogP contribution in [-0.2, 0) is 6.54 Å². The van der Waals surface area contributed by atoms with Gasteiger partial charge in [0.05, 0.1) is 17.2 Å². The van der Waals surface area contributed by atoms with Gasteiger partial charge in [0.25, 0.3) is 5.56 Å². The lowest BCUT2D eigenvalue weighted by Gasteiger charge is -2.23. The molecular weight excluding hydrogens is 295 g/mol. The Bertz CT molecular complexity index is 782. The maximum Gasteiger partial charge on any atom is 0.251 e. The number of hydrogen-bond donors (Lipinski definition) is 1. The predicted molar refractivity (Wildman–Crippen MR) is 86.9 cm³/mol. The molecule has 1 N–H and O–H groups in total. The highest BCUT2D eigenvalue weighted by molar-refractivity contribution is 5.74. The molecular formula is C17H21FN4O. The summed E-state index contributed by atoms with van der Waals surface area (Å²) in [6.45, 7) is 5.77. The second kappa shape index (κ2) is 5.69. The van der Waals surface area contributed by atoms with Crippen molar-refractivity contribution in [1.82, 2.24) is 19.8 Å². The highest BCUT2D eigenvalue weighted by atomic mass is 19.1. The lowest BCUT2D eigenvalue weighted by atomic mass is 9.87. The van der Waals surface area contributed by atoms with Crippen LogP contribution in [0.3, 0.4) is 0 Å². The topological polar surface area (TPSA) is 50.2 Å². The van der Waals surface area contributed by atoms with Crippen LogP contribution in [0, 0.1) is 11.2 Å². The van der Waals surface area contributed by atoms with Crippen molar-refractivity contribution >= 4 is 11.0 Å². The molecule has 1 unspecified atom stereocenters. The molecule has 0 bridgehead atoms. The zero-order chi connectivity index (χ0) is 15.9. The van der Waals surface area contributed by atoms with Crippen LogP contribution >= 0.6 is 0 Å². The standard InChI is InChI=1S/C17H21FN4O/c18-13-9-15-14(20-10-13)1-2-16(23)22(15)8-7-21-6-4-17(12-21)3-5-19-11-17/h1-2,9-10,19H,3-8,11-12H2. The fourth-order valence-corrected chi connectivity index (χ4v) is 3.98. The number of aromatic nitrogens is 2. The van der Waals surface area contributed by atoms with Crippen LogP contribution in [0.25, 0.3) is 11.0 Å². The molecule has 1 atom stereocenters. The van der Waals surface area contributed by atoms with Gasteiger partial charge in [0.1, 0.15) is 5.82 Å². The molecule has 2 aliphatic rings. The van der Waals surface area contributed by atoms with Gasteiger partial charge in [-0.3, -0.25) is 9.78 Å². The van der Waals surface area contributed by atoms with E-state index in [-0.39, 0.29) is 5.56 Å². The third kappa shape index (κ3) is 2.77. The maximum atomic E-state index is 13.5. The van der Waals surface area contributed by atoms with Crippen molar-refractivity contribution in [2.24, 2.45) is 5.41 Å². The monoisotopic (exact) mass is 316 g/mol. The van der Waals surface area contributed by atoms with Gasteiger partial charge >= 0.3 is 0 Å². The molecule has 23 heavy (non-hydrogen) atoms. The minimum absolute atomic E-state index is 0.0960. The second-order valence-electron chi connectivity index (χ2n) is 6.83. The van der Waals surface area contributed by atoms with E-state index in [4.69, 9.17) is 0 Å². The summed E-state index contributed by atoms with van der Waals surface area (Å²) in [5.74, 6) is -0.408. The Balaban J connectivity index is 1.53. The summed E-state index contributed by atoms with van der Waals surface area (Å²) in [7, 11) is 0. The van der Waals surface area contributed by atoms with Crippen molar-refractivity contribution in [2.45, 2.75) is 19.4 Å². The van der Waals surface area contributed by atoms with Gasteiger partial charge in [0.15, 0.2) is 0 Å². The smallest absolute Gasteiger partial charge is 0.251 e. The molecule has 2 aromatic rings. The Hall–Kier alpha value is -1.79. The average Bonchev–Trinajstić information content (AvgIpc) is 3.17. The molecule has 5 nitrogen and oxygen atoms in total. The maximum absolute atomic E-state index is 13.5. The lowest BCUT2D eigenvalue weighted by Crippen LogP contribution is -2.33. The van der Waals surface area contributed by atoms with E-state index < -0.39 is 5.82 Å². The summed E-state index contributed by atoms with van der Waals surface area (Å²) >= 11 is 0. The van der Waals surface area contributed by atoms with Crippen LogP contribution < -0.4 is 10.9 Å². The van der Waals surface area contributed by atoms with Crippen LogP contribution in [0.5, 0.6) is 0 Å². The number of hydrogen-bond acceptors (Lipinski definition) is 4. The van der Waals surface area contributed by atoms with Crippen molar-refractivity contribution in [1.29, 1.82) is 0 Å². The quantitative estimate of drug-likeness (QED) is 0.925. The molecule has 6 heteroatoms. The first-order valence-electron chi connectivity index (χ1n) is 8.24. The Labute approximate surface area is 134 Å². The van der Waals surface area contributed by atoms with Crippen LogP contribution in [0.1, 0.15) is 12.8 Å². The lowest BCUT2D eigenvalue weighted by molar-refractivity contribution is 0.266. The normalized spacial score (nSPS) is 24.9. The molecule has 0 aromatic carbocycles. The van der Waals surface area contributed by atoms with E-state index in [1.807, 2.05) is 0 Å². The molecule has 2 saturated heterocycles. The number of likely N-dealkylation sites (tertiary alicyclic amines) is 1. The SMILES string of the molecule is O=c1ccc2ncc(F)cc2n1CCN1CCC2(CCNC2)C1. The van der Waals surface area contributed by atoms with Gasteiger partial charge in [-0.2, -0.15) is 0 Å². The minimum Gasteiger partial charge on any atom is -0.316 e. The molecule has 2 aromatic heterocycles. The summed E-state index contributed by atoms with van der Waals surface area (Å²) in [4.78, 5) is 18.7. The second-order valence-corrected chi connectivity index (χ2v) is 6.83. The zero-order valence-corrected chi connectivity index (χ0v) is 13.1. The minimum atomic E-state index is -0.408. The summed E-state index contributed by atoms with van der Waals surface area (Å²) in [6.07, 6.45) is 3.65. The Morgan fingerprint density at radius 3 is 3.04 bits per heavy atom. The van der Waals surface area contributed by atoms with E-state index in [2.05, 4.69) is 15.2 Å². The van der Waals surface area contributed by atoms with Gasteiger partial charge in [-0.1, -0.05) is 0 Å². The van der Waals surface area contributed by atoms with Crippen molar-refractivity contribution in [3.8, 4) is 0 Å². The van der Waals surface area contributed by atoms with Crippen molar-refractivity contribution in [2.75, 3.05) is 32.7 Å². The van der Waals surface area contributed by atoms with E-state index in [9.17, 15) is 9.18 Å². The molecule has 0 aliphatic carbocycles. The van der Waals surface area contributed by atoms with Gasteiger partial charge in [0.2, 0.25) is 0 Å². The first-order chi connectivity index (χ1) is 11.2. The van der Waals surface area contributed by atoms with Crippen LogP contribution in [0.2, 0.25) is 0 Å². The Morgan fingerprint density at radius 1 is 1.30 bits per heavy atom. The highest BCUT2D eigenvalue weighted by Crippen LogP contribution is 2.35. The summed E-state index contributed by atoms with van der Waals surface area (Å²) in [5.41, 5.74) is 1.57. The average molecular weight is 316 g/mol. The molecule has 4 heterocycles. The summed E-state index contributed by atoms with van der Waals surface area (Å²) in [6, 6.07) is 4.57. The van der Waals surface area contributed by atoms with E-state index in [1.54, 1.807) is 10.6 Å². The van der Waals surface area contributed by atoms with Crippen LogP contribution in [-0.4, -0.2) is 47.2 Å². The molecule has 2 aliphatic heterocycles. The predicted octanol–water partition coefficient (Wildman–Crippen LogP) is 1.22. The van der Waals surface area contributed by atoms with E-state index in [0.29, 0.717) is 23.0 Å². The first kappa shape index (κ1) is 14.8. The molecule has 0 amide bonds. The zero-order valence-electron chi connectivity index (χ0n) is 13.1. The van der Waals surface area contributed by atoms with Gasteiger partial charge in [-0.05, 0) is 37.4 Å². The summed E-state index contributed by atoms with van der Waals surface area (Å²) < 4.78 is 15.1. The van der Waals surface area contributed by atoms with E-state index in [0.717, 1.165) is 32.7 Å². The van der Waals surface area contributed by atoms with Crippen molar-refractivity contribution in [3.63, 3.8) is 0 Å². The highest BCUT2D eigenvalue weighted by Gasteiger charge is 2.39. The number of pyridine rings is 2. The number of nitrogens with one attached hydrogen (secondary N) is 1. The third-order valence-corrected chi connectivity index (χ3v) is 5.29. The molecule has 1 spiro atoms. The number of fused-ring (bicyclic) bond motifs is 1. The Kier molecular flexibility index (Phi) is 3.66. The molecule has 4 rings (SSSR count). The van der Waals surface area contributed by atoms with Crippen molar-refractivity contribution in [3.05, 3.63) is 40.6 Å². The van der Waals surface area contributed by atoms with E-state index >= 15 is 0 Å². The number of nitrogens with zero attached hydrogens (tertiary/aromatic N) is 3. The fourth-order valence-electron chi connectivity index (χ4n) is 3.98. The van der Waals surface area contributed by atoms with Crippen LogP contribution in [0.15, 0.2) is 29.2 Å². The largest absolute Gasteiger partial charge is 0.316 e. The summed E-state index contributed by atoms with van der Waals surface area (Å²) in [5, 5.41) is 3.46. The molecule has 0 saturated carbocycles. The Morgan fingerprint density at radius 2 is 2.22 bits per heavy atom. The van der Waals surface area contributed by atoms with Gasteiger partial charge in [0, 0.05) is 38.3 Å². The first-order valence-corrected chi connectivity index (χ1v) is 8.24.